The summed E-state index contributed by atoms with van der Waals surface area (Å²) >= 11 is 0. The second kappa shape index (κ2) is 15.8. The highest BCUT2D eigenvalue weighted by Crippen LogP contribution is 2.50. The maximum Gasteiger partial charge on any atom is 0.162 e. The van der Waals surface area contributed by atoms with Crippen LogP contribution in [0.15, 0.2) is 243 Å². The fourth-order valence-corrected chi connectivity index (χ4v) is 11.1. The molecule has 0 fully saturated rings. The van der Waals surface area contributed by atoms with E-state index in [1.165, 1.54) is 93.9 Å². The number of rotatable bonds is 7. The van der Waals surface area contributed by atoms with Gasteiger partial charge in [-0.05, 0) is 104 Å². The Morgan fingerprint density at radius 1 is 0.304 bits per heavy atom. The van der Waals surface area contributed by atoms with Crippen LogP contribution in [-0.4, -0.2) is 19.1 Å². The quantitative estimate of drug-likeness (QED) is 0.160. The van der Waals surface area contributed by atoms with Gasteiger partial charge >= 0.3 is 0 Å². The number of benzene rings is 10. The number of aromatic nitrogens is 4. The largest absolute Gasteiger partial charge is 0.309 e. The van der Waals surface area contributed by atoms with Gasteiger partial charge in [0.25, 0.3) is 0 Å². The van der Waals surface area contributed by atoms with Crippen LogP contribution >= 0.6 is 0 Å². The summed E-state index contributed by atoms with van der Waals surface area (Å²) in [5, 5.41) is 4.82. The lowest BCUT2D eigenvalue weighted by Crippen LogP contribution is -2.02. The third-order valence-electron chi connectivity index (χ3n) is 14.2. The average molecular weight is 879 g/mol. The number of para-hydroxylation sites is 2. The summed E-state index contributed by atoms with van der Waals surface area (Å²) in [6.07, 6.45) is 0.811. The average Bonchev–Trinajstić information content (AvgIpc) is 4.09. The molecule has 3 heterocycles. The second-order valence-corrected chi connectivity index (χ2v) is 18.1. The Hall–Kier alpha value is -9.12. The van der Waals surface area contributed by atoms with E-state index in [1.807, 2.05) is 24.3 Å². The van der Waals surface area contributed by atoms with Gasteiger partial charge in [0.1, 0.15) is 5.82 Å². The number of hydrogen-bond acceptors (Lipinski definition) is 2. The topological polar surface area (TPSA) is 35.6 Å². The van der Waals surface area contributed by atoms with Crippen molar-refractivity contribution >= 4 is 43.6 Å². The van der Waals surface area contributed by atoms with Crippen LogP contribution in [-0.2, 0) is 6.42 Å². The maximum atomic E-state index is 5.37. The SMILES string of the molecule is c1ccc(-c2cc(-c3ccccc3)c3c(c2)-c2cc(-c4ccccc4)cc(-n4c5ccccc5c5c6c7ccccc7n(-c7cc(-c8ccccc8)nc(-c8ccccc8)n7)c6ccc54)c2C3)cc1. The van der Waals surface area contributed by atoms with Crippen LogP contribution in [0, 0.1) is 0 Å². The van der Waals surface area contributed by atoms with Crippen molar-refractivity contribution in [2.45, 2.75) is 6.42 Å². The highest BCUT2D eigenvalue weighted by atomic mass is 15.1. The molecule has 0 radical (unpaired) electrons. The van der Waals surface area contributed by atoms with Crippen LogP contribution in [0.4, 0.5) is 0 Å². The van der Waals surface area contributed by atoms with Crippen molar-refractivity contribution in [3.05, 3.63) is 254 Å². The highest BCUT2D eigenvalue weighted by Gasteiger charge is 2.29. The van der Waals surface area contributed by atoms with Gasteiger partial charge in [-0.2, -0.15) is 0 Å². The first-order valence-electron chi connectivity index (χ1n) is 23.7. The normalized spacial score (nSPS) is 12.0. The van der Waals surface area contributed by atoms with E-state index in [-0.39, 0.29) is 0 Å². The predicted octanol–water partition coefficient (Wildman–Crippen LogP) is 16.6. The molecular weight excluding hydrogens is 837 g/mol. The first kappa shape index (κ1) is 39.1. The Bertz CT molecular complexity index is 4060. The first-order chi connectivity index (χ1) is 34.2. The van der Waals surface area contributed by atoms with Crippen molar-refractivity contribution in [3.63, 3.8) is 0 Å². The Balaban J connectivity index is 1.05. The molecule has 3 aromatic heterocycles. The van der Waals surface area contributed by atoms with Crippen LogP contribution < -0.4 is 0 Å². The number of hydrogen-bond donors (Lipinski definition) is 0. The van der Waals surface area contributed by atoms with E-state index < -0.39 is 0 Å². The fraction of sp³-hybridized carbons (Fsp3) is 0.0154. The third-order valence-corrected chi connectivity index (χ3v) is 14.2. The maximum absolute atomic E-state index is 5.37. The minimum atomic E-state index is 0.690. The third kappa shape index (κ3) is 6.30. The second-order valence-electron chi connectivity index (χ2n) is 18.1. The highest BCUT2D eigenvalue weighted by molar-refractivity contribution is 6.29. The molecule has 0 atom stereocenters. The van der Waals surface area contributed by atoms with Gasteiger partial charge in [0, 0.05) is 45.2 Å². The van der Waals surface area contributed by atoms with E-state index in [4.69, 9.17) is 9.97 Å². The lowest BCUT2D eigenvalue weighted by Gasteiger charge is -2.16. The molecule has 1 aliphatic carbocycles. The van der Waals surface area contributed by atoms with Gasteiger partial charge in [-0.15, -0.1) is 0 Å². The molecule has 0 bridgehead atoms. The van der Waals surface area contributed by atoms with E-state index in [1.54, 1.807) is 0 Å². The van der Waals surface area contributed by atoms with E-state index in [0.717, 1.165) is 40.1 Å². The molecule has 69 heavy (non-hydrogen) atoms. The Morgan fingerprint density at radius 2 is 0.754 bits per heavy atom. The molecule has 0 aliphatic heterocycles. The molecule has 10 aromatic carbocycles. The molecule has 0 amide bonds. The monoisotopic (exact) mass is 878 g/mol. The van der Waals surface area contributed by atoms with E-state index >= 15 is 0 Å². The summed E-state index contributed by atoms with van der Waals surface area (Å²) in [7, 11) is 0. The van der Waals surface area contributed by atoms with Gasteiger partial charge in [0.2, 0.25) is 0 Å². The summed E-state index contributed by atoms with van der Waals surface area (Å²) in [4.78, 5) is 10.5. The molecule has 4 heteroatoms. The van der Waals surface area contributed by atoms with Crippen molar-refractivity contribution in [3.8, 4) is 78.7 Å². The zero-order chi connectivity index (χ0) is 45.4. The van der Waals surface area contributed by atoms with E-state index in [2.05, 4.69) is 228 Å². The van der Waals surface area contributed by atoms with Crippen molar-refractivity contribution in [2.24, 2.45) is 0 Å². The number of fused-ring (bicyclic) bond motifs is 10. The molecule has 0 spiro atoms. The molecule has 322 valence electrons. The molecule has 0 unspecified atom stereocenters. The summed E-state index contributed by atoms with van der Waals surface area (Å²) in [5.41, 5.74) is 21.2. The zero-order valence-electron chi connectivity index (χ0n) is 37.6. The molecule has 0 saturated carbocycles. The minimum absolute atomic E-state index is 0.690. The Kier molecular flexibility index (Phi) is 8.93. The first-order valence-corrected chi connectivity index (χ1v) is 23.7. The summed E-state index contributed by atoms with van der Waals surface area (Å²) in [5.74, 6) is 1.52. The van der Waals surface area contributed by atoms with Crippen molar-refractivity contribution in [1.82, 2.24) is 19.1 Å². The van der Waals surface area contributed by atoms with Crippen LogP contribution in [0.2, 0.25) is 0 Å². The van der Waals surface area contributed by atoms with Crippen LogP contribution in [0.25, 0.3) is 122 Å². The van der Waals surface area contributed by atoms with Gasteiger partial charge in [0.05, 0.1) is 33.4 Å². The van der Waals surface area contributed by atoms with E-state index in [9.17, 15) is 0 Å². The van der Waals surface area contributed by atoms with Crippen molar-refractivity contribution in [2.75, 3.05) is 0 Å². The van der Waals surface area contributed by atoms with Gasteiger partial charge in [0.15, 0.2) is 5.82 Å². The van der Waals surface area contributed by atoms with Crippen LogP contribution in [0.3, 0.4) is 0 Å². The van der Waals surface area contributed by atoms with Gasteiger partial charge < -0.3 is 4.57 Å². The van der Waals surface area contributed by atoms with Crippen LogP contribution in [0.5, 0.6) is 0 Å². The molecule has 4 nitrogen and oxygen atoms in total. The molecular formula is C65H42N4. The van der Waals surface area contributed by atoms with Gasteiger partial charge in [-0.1, -0.05) is 188 Å². The Morgan fingerprint density at radius 3 is 1.35 bits per heavy atom. The van der Waals surface area contributed by atoms with E-state index in [0.29, 0.717) is 5.82 Å². The van der Waals surface area contributed by atoms with Crippen molar-refractivity contribution in [1.29, 1.82) is 0 Å². The molecule has 1 aliphatic rings. The standard InChI is InChI=1S/C65H42N4/c1-6-20-42(21-7-1)47-36-51(44-24-10-3-11-25-44)54-40-55-53(52(54)37-47)38-48(43-22-8-2-9-23-43)39-61(55)68-57-32-18-16-30-49(57)63-59(68)34-35-60-64(63)50-31-17-19-33-58(50)69(60)62-41-56(45-26-12-4-13-27-45)66-65(67-62)46-28-14-5-15-29-46/h1-39,41H,40H2. The molecule has 0 saturated heterocycles. The fourth-order valence-electron chi connectivity index (χ4n) is 11.1. The lowest BCUT2D eigenvalue weighted by atomic mass is 9.90. The molecule has 0 N–H and O–H groups in total. The lowest BCUT2D eigenvalue weighted by molar-refractivity contribution is 1.05. The van der Waals surface area contributed by atoms with Crippen molar-refractivity contribution < 1.29 is 0 Å². The predicted molar refractivity (Wildman–Crippen MR) is 286 cm³/mol. The van der Waals surface area contributed by atoms with Gasteiger partial charge in [-0.3, -0.25) is 4.57 Å². The smallest absolute Gasteiger partial charge is 0.162 e. The van der Waals surface area contributed by atoms with Gasteiger partial charge in [-0.25, -0.2) is 9.97 Å². The minimum Gasteiger partial charge on any atom is -0.309 e. The Labute approximate surface area is 399 Å². The number of nitrogens with zero attached hydrogens (tertiary/aromatic N) is 4. The molecule has 13 aromatic rings. The summed E-state index contributed by atoms with van der Waals surface area (Å²) in [6.45, 7) is 0. The summed E-state index contributed by atoms with van der Waals surface area (Å²) < 4.78 is 4.90. The van der Waals surface area contributed by atoms with Crippen LogP contribution in [0.1, 0.15) is 11.1 Å². The zero-order valence-corrected chi connectivity index (χ0v) is 37.6. The molecule has 14 rings (SSSR count). The summed E-state index contributed by atoms with van der Waals surface area (Å²) in [6, 6.07) is 87.7.